The molecule has 0 aliphatic rings. The fourth-order valence-electron chi connectivity index (χ4n) is 2.11. The molecule has 0 unspecified atom stereocenters. The quantitative estimate of drug-likeness (QED) is 0.646. The summed E-state index contributed by atoms with van der Waals surface area (Å²) in [5.74, 6) is 1.69. The molecule has 3 aromatic rings. The Hall–Kier alpha value is -2.74. The summed E-state index contributed by atoms with van der Waals surface area (Å²) >= 11 is 0. The fourth-order valence-corrected chi connectivity index (χ4v) is 2.11. The van der Waals surface area contributed by atoms with Gasteiger partial charge in [0.15, 0.2) is 0 Å². The highest BCUT2D eigenvalue weighted by Gasteiger charge is 1.98. The van der Waals surface area contributed by atoms with Gasteiger partial charge in [0.2, 0.25) is 0 Å². The Bertz CT molecular complexity index is 613. The van der Waals surface area contributed by atoms with Gasteiger partial charge in [0.05, 0.1) is 0 Å². The first kappa shape index (κ1) is 14.2. The first-order valence-electron chi connectivity index (χ1n) is 7.34. The molecule has 110 valence electrons. The Labute approximate surface area is 131 Å². The van der Waals surface area contributed by atoms with Crippen molar-refractivity contribution in [1.29, 1.82) is 0 Å². The van der Waals surface area contributed by atoms with Gasteiger partial charge in [-0.05, 0) is 35.4 Å². The number of ether oxygens (including phenoxy) is 2. The molecule has 3 rings (SSSR count). The predicted octanol–water partition coefficient (Wildman–Crippen LogP) is 4.84. The molecule has 0 bridgehead atoms. The lowest BCUT2D eigenvalue weighted by molar-refractivity contribution is 0.297. The van der Waals surface area contributed by atoms with Gasteiger partial charge >= 0.3 is 0 Å². The van der Waals surface area contributed by atoms with Crippen LogP contribution in [0.2, 0.25) is 0 Å². The van der Waals surface area contributed by atoms with Gasteiger partial charge in [0.25, 0.3) is 0 Å². The highest BCUT2D eigenvalue weighted by Crippen LogP contribution is 2.19. The SMILES string of the molecule is c1ccc(COc2ccc(OCc3ccccc3)cc2)cc1. The van der Waals surface area contributed by atoms with E-state index in [0.29, 0.717) is 13.2 Å². The Morgan fingerprint density at radius 3 is 1.18 bits per heavy atom. The molecule has 0 saturated carbocycles. The van der Waals surface area contributed by atoms with Crippen LogP contribution in [0.25, 0.3) is 0 Å². The lowest BCUT2D eigenvalue weighted by Crippen LogP contribution is -1.96. The van der Waals surface area contributed by atoms with Crippen LogP contribution < -0.4 is 9.47 Å². The van der Waals surface area contributed by atoms with Crippen LogP contribution in [-0.2, 0) is 13.2 Å². The summed E-state index contributed by atoms with van der Waals surface area (Å²) < 4.78 is 11.5. The average Bonchev–Trinajstić information content (AvgIpc) is 2.61. The second kappa shape index (κ2) is 7.32. The fraction of sp³-hybridized carbons (Fsp3) is 0.100. The predicted molar refractivity (Wildman–Crippen MR) is 88.0 cm³/mol. The molecule has 0 aromatic heterocycles. The van der Waals surface area contributed by atoms with Gasteiger partial charge in [-0.25, -0.2) is 0 Å². The maximum absolute atomic E-state index is 5.75. The van der Waals surface area contributed by atoms with E-state index in [1.54, 1.807) is 0 Å². The number of benzene rings is 3. The number of rotatable bonds is 6. The van der Waals surface area contributed by atoms with E-state index >= 15 is 0 Å². The molecule has 0 aliphatic heterocycles. The summed E-state index contributed by atoms with van der Waals surface area (Å²) in [6.07, 6.45) is 0. The van der Waals surface area contributed by atoms with E-state index < -0.39 is 0 Å². The zero-order valence-corrected chi connectivity index (χ0v) is 12.3. The minimum Gasteiger partial charge on any atom is -0.489 e. The van der Waals surface area contributed by atoms with E-state index in [-0.39, 0.29) is 0 Å². The third kappa shape index (κ3) is 4.13. The highest BCUT2D eigenvalue weighted by atomic mass is 16.5. The number of hydrogen-bond acceptors (Lipinski definition) is 2. The van der Waals surface area contributed by atoms with Crippen molar-refractivity contribution >= 4 is 0 Å². The monoisotopic (exact) mass is 290 g/mol. The number of hydrogen-bond donors (Lipinski definition) is 0. The van der Waals surface area contributed by atoms with Crippen LogP contribution in [0.15, 0.2) is 84.9 Å². The van der Waals surface area contributed by atoms with Gasteiger partial charge in [-0.2, -0.15) is 0 Å². The molecule has 0 atom stereocenters. The molecule has 0 aliphatic carbocycles. The van der Waals surface area contributed by atoms with Crippen LogP contribution in [0.3, 0.4) is 0 Å². The van der Waals surface area contributed by atoms with Crippen LogP contribution in [0.1, 0.15) is 11.1 Å². The zero-order chi connectivity index (χ0) is 15.0. The van der Waals surface area contributed by atoms with E-state index in [1.807, 2.05) is 60.7 Å². The van der Waals surface area contributed by atoms with Gasteiger partial charge < -0.3 is 9.47 Å². The first-order chi connectivity index (χ1) is 10.9. The van der Waals surface area contributed by atoms with Crippen LogP contribution in [-0.4, -0.2) is 0 Å². The van der Waals surface area contributed by atoms with E-state index in [1.165, 1.54) is 0 Å². The molecule has 22 heavy (non-hydrogen) atoms. The molecular weight excluding hydrogens is 272 g/mol. The summed E-state index contributed by atoms with van der Waals surface area (Å²) in [6, 6.07) is 28.0. The second-order valence-electron chi connectivity index (χ2n) is 5.02. The summed E-state index contributed by atoms with van der Waals surface area (Å²) in [5.41, 5.74) is 2.32. The second-order valence-corrected chi connectivity index (χ2v) is 5.02. The van der Waals surface area contributed by atoms with E-state index in [9.17, 15) is 0 Å². The highest BCUT2D eigenvalue weighted by molar-refractivity contribution is 5.31. The van der Waals surface area contributed by atoms with Crippen molar-refractivity contribution in [2.24, 2.45) is 0 Å². The van der Waals surface area contributed by atoms with Crippen LogP contribution in [0.4, 0.5) is 0 Å². The summed E-state index contributed by atoms with van der Waals surface area (Å²) in [6.45, 7) is 1.15. The Balaban J connectivity index is 1.52. The van der Waals surface area contributed by atoms with Crippen LogP contribution >= 0.6 is 0 Å². The van der Waals surface area contributed by atoms with Gasteiger partial charge in [0.1, 0.15) is 24.7 Å². The molecular formula is C20H18O2. The van der Waals surface area contributed by atoms with Crippen molar-refractivity contribution < 1.29 is 9.47 Å². The minimum absolute atomic E-state index is 0.574. The molecule has 0 spiro atoms. The minimum atomic E-state index is 0.574. The molecule has 0 N–H and O–H groups in total. The molecule has 0 amide bonds. The Morgan fingerprint density at radius 1 is 0.455 bits per heavy atom. The van der Waals surface area contributed by atoms with E-state index in [0.717, 1.165) is 22.6 Å². The van der Waals surface area contributed by atoms with Crippen molar-refractivity contribution in [3.63, 3.8) is 0 Å². The Kier molecular flexibility index (Phi) is 4.73. The normalized spacial score (nSPS) is 10.2. The molecule has 0 fully saturated rings. The zero-order valence-electron chi connectivity index (χ0n) is 12.3. The third-order valence-electron chi connectivity index (χ3n) is 3.32. The smallest absolute Gasteiger partial charge is 0.120 e. The van der Waals surface area contributed by atoms with Crippen LogP contribution in [0.5, 0.6) is 11.5 Å². The summed E-state index contributed by atoms with van der Waals surface area (Å²) in [7, 11) is 0. The topological polar surface area (TPSA) is 18.5 Å². The van der Waals surface area contributed by atoms with Crippen molar-refractivity contribution in [2.45, 2.75) is 13.2 Å². The molecule has 0 saturated heterocycles. The lowest BCUT2D eigenvalue weighted by Gasteiger charge is -2.09. The van der Waals surface area contributed by atoms with Crippen molar-refractivity contribution in [1.82, 2.24) is 0 Å². The summed E-state index contributed by atoms with van der Waals surface area (Å²) in [5, 5.41) is 0. The maximum atomic E-state index is 5.75. The van der Waals surface area contributed by atoms with Gasteiger partial charge in [0, 0.05) is 0 Å². The maximum Gasteiger partial charge on any atom is 0.120 e. The standard InChI is InChI=1S/C20H18O2/c1-3-7-17(8-4-1)15-21-19-11-13-20(14-12-19)22-16-18-9-5-2-6-10-18/h1-14H,15-16H2. The van der Waals surface area contributed by atoms with Gasteiger partial charge in [-0.3, -0.25) is 0 Å². The van der Waals surface area contributed by atoms with Crippen LogP contribution in [0, 0.1) is 0 Å². The average molecular weight is 290 g/mol. The largest absolute Gasteiger partial charge is 0.489 e. The first-order valence-corrected chi connectivity index (χ1v) is 7.34. The Morgan fingerprint density at radius 2 is 0.818 bits per heavy atom. The van der Waals surface area contributed by atoms with E-state index in [4.69, 9.17) is 9.47 Å². The van der Waals surface area contributed by atoms with Crippen molar-refractivity contribution in [2.75, 3.05) is 0 Å². The molecule has 0 radical (unpaired) electrons. The molecule has 0 heterocycles. The lowest BCUT2D eigenvalue weighted by atomic mass is 10.2. The van der Waals surface area contributed by atoms with E-state index in [2.05, 4.69) is 24.3 Å². The molecule has 3 aromatic carbocycles. The molecule has 2 heteroatoms. The van der Waals surface area contributed by atoms with Gasteiger partial charge in [-0.1, -0.05) is 60.7 Å². The van der Waals surface area contributed by atoms with Crippen molar-refractivity contribution in [3.8, 4) is 11.5 Å². The van der Waals surface area contributed by atoms with Crippen molar-refractivity contribution in [3.05, 3.63) is 96.1 Å². The summed E-state index contributed by atoms with van der Waals surface area (Å²) in [4.78, 5) is 0. The third-order valence-corrected chi connectivity index (χ3v) is 3.32. The van der Waals surface area contributed by atoms with Gasteiger partial charge in [-0.15, -0.1) is 0 Å². The molecule has 2 nitrogen and oxygen atoms in total.